The molecule has 7 nitrogen and oxygen atoms in total. The number of nitrogens with zero attached hydrogens (tertiary/aromatic N) is 2. The van der Waals surface area contributed by atoms with E-state index < -0.39 is 10.0 Å². The number of morpholine rings is 1. The van der Waals surface area contributed by atoms with E-state index >= 15 is 0 Å². The van der Waals surface area contributed by atoms with E-state index in [2.05, 4.69) is 22.3 Å². The van der Waals surface area contributed by atoms with E-state index in [4.69, 9.17) is 4.74 Å². The Kier molecular flexibility index (Phi) is 7.13. The Morgan fingerprint density at radius 3 is 2.41 bits per heavy atom. The summed E-state index contributed by atoms with van der Waals surface area (Å²) in [6, 6.07) is 15.1. The Labute approximate surface area is 190 Å². The number of aryl methyl sites for hydroxylation is 1. The lowest BCUT2D eigenvalue weighted by Crippen LogP contribution is -2.45. The molecule has 2 fully saturated rings. The quantitative estimate of drug-likeness (QED) is 0.721. The average molecular weight is 458 g/mol. The number of ether oxygens (including phenoxy) is 1. The van der Waals surface area contributed by atoms with Gasteiger partial charge >= 0.3 is 0 Å². The third-order valence-corrected chi connectivity index (χ3v) is 8.07. The molecule has 0 saturated carbocycles. The number of carbonyl (C=O) groups excluding carboxylic acids is 1. The van der Waals surface area contributed by atoms with Gasteiger partial charge in [-0.05, 0) is 49.6 Å². The van der Waals surface area contributed by atoms with E-state index in [1.807, 2.05) is 19.1 Å². The standard InChI is InChI=1S/C24H31N3O4S/c1-19-4-10-23(11-5-19)32(29,30)27-12-2-3-21(18-27)24(28)25-17-20-6-8-22(9-7-20)26-13-15-31-16-14-26/h4-11,21H,2-3,12-18H2,1H3,(H,25,28)/t21-/m1/s1. The van der Waals surface area contributed by atoms with E-state index in [9.17, 15) is 13.2 Å². The Hall–Kier alpha value is -2.42. The minimum absolute atomic E-state index is 0.0916. The number of hydrogen-bond acceptors (Lipinski definition) is 5. The van der Waals surface area contributed by atoms with E-state index in [0.717, 1.165) is 43.1 Å². The molecule has 8 heteroatoms. The first-order valence-electron chi connectivity index (χ1n) is 11.2. The molecule has 2 heterocycles. The molecule has 172 valence electrons. The van der Waals surface area contributed by atoms with Crippen molar-refractivity contribution in [1.82, 2.24) is 9.62 Å². The molecule has 0 bridgehead atoms. The molecule has 2 aromatic rings. The third-order valence-electron chi connectivity index (χ3n) is 6.19. The molecular formula is C24H31N3O4S. The van der Waals surface area contributed by atoms with Gasteiger partial charge in [0.05, 0.1) is 24.0 Å². The van der Waals surface area contributed by atoms with E-state index in [1.165, 1.54) is 4.31 Å². The highest BCUT2D eigenvalue weighted by Gasteiger charge is 2.33. The fourth-order valence-electron chi connectivity index (χ4n) is 4.21. The normalized spacial score (nSPS) is 20.2. The molecule has 0 aliphatic carbocycles. The van der Waals surface area contributed by atoms with Crippen LogP contribution in [0.2, 0.25) is 0 Å². The Balaban J connectivity index is 1.33. The lowest BCUT2D eigenvalue weighted by Gasteiger charge is -2.31. The number of hydrogen-bond donors (Lipinski definition) is 1. The minimum atomic E-state index is -3.59. The van der Waals surface area contributed by atoms with Gasteiger partial charge < -0.3 is 15.0 Å². The van der Waals surface area contributed by atoms with Crippen LogP contribution in [0.15, 0.2) is 53.4 Å². The van der Waals surface area contributed by atoms with E-state index in [-0.39, 0.29) is 23.3 Å². The number of sulfonamides is 1. The second kappa shape index (κ2) is 10.0. The van der Waals surface area contributed by atoms with Gasteiger partial charge in [0.15, 0.2) is 0 Å². The second-order valence-electron chi connectivity index (χ2n) is 8.50. The molecule has 2 saturated heterocycles. The number of amides is 1. The van der Waals surface area contributed by atoms with Crippen molar-refractivity contribution >= 4 is 21.6 Å². The van der Waals surface area contributed by atoms with Gasteiger partial charge in [0.2, 0.25) is 15.9 Å². The third kappa shape index (κ3) is 5.31. The van der Waals surface area contributed by atoms with Gasteiger partial charge in [-0.1, -0.05) is 29.8 Å². The maximum atomic E-state index is 13.0. The molecule has 32 heavy (non-hydrogen) atoms. The van der Waals surface area contributed by atoms with Gasteiger partial charge in [0, 0.05) is 38.4 Å². The number of anilines is 1. The summed E-state index contributed by atoms with van der Waals surface area (Å²) >= 11 is 0. The molecule has 1 N–H and O–H groups in total. The van der Waals surface area contributed by atoms with E-state index in [0.29, 0.717) is 25.9 Å². The van der Waals surface area contributed by atoms with Crippen LogP contribution in [0.1, 0.15) is 24.0 Å². The summed E-state index contributed by atoms with van der Waals surface area (Å²) in [6.45, 7) is 6.30. The van der Waals surface area contributed by atoms with Crippen LogP contribution in [-0.4, -0.2) is 58.0 Å². The molecule has 1 amide bonds. The molecule has 0 unspecified atom stereocenters. The van der Waals surface area contributed by atoms with Gasteiger partial charge in [-0.2, -0.15) is 4.31 Å². The van der Waals surface area contributed by atoms with Gasteiger partial charge in [-0.15, -0.1) is 0 Å². The van der Waals surface area contributed by atoms with Crippen molar-refractivity contribution in [3.63, 3.8) is 0 Å². The molecule has 4 rings (SSSR count). The average Bonchev–Trinajstić information content (AvgIpc) is 2.84. The molecule has 0 spiro atoms. The summed E-state index contributed by atoms with van der Waals surface area (Å²) in [5.41, 5.74) is 3.20. The van der Waals surface area contributed by atoms with Crippen molar-refractivity contribution in [2.75, 3.05) is 44.3 Å². The lowest BCUT2D eigenvalue weighted by atomic mass is 9.98. The highest BCUT2D eigenvalue weighted by Crippen LogP contribution is 2.24. The smallest absolute Gasteiger partial charge is 0.243 e. The maximum Gasteiger partial charge on any atom is 0.243 e. The van der Waals surface area contributed by atoms with Crippen molar-refractivity contribution in [2.24, 2.45) is 5.92 Å². The summed E-state index contributed by atoms with van der Waals surface area (Å²) in [5.74, 6) is -0.428. The van der Waals surface area contributed by atoms with Gasteiger partial charge in [-0.25, -0.2) is 8.42 Å². The highest BCUT2D eigenvalue weighted by molar-refractivity contribution is 7.89. The molecule has 2 aliphatic heterocycles. The predicted molar refractivity (Wildman–Crippen MR) is 124 cm³/mol. The van der Waals surface area contributed by atoms with Crippen LogP contribution in [-0.2, 0) is 26.1 Å². The molecule has 2 aliphatic rings. The summed E-state index contributed by atoms with van der Waals surface area (Å²) in [4.78, 5) is 15.4. The van der Waals surface area contributed by atoms with E-state index in [1.54, 1.807) is 24.3 Å². The summed E-state index contributed by atoms with van der Waals surface area (Å²) < 4.78 is 32.8. The largest absolute Gasteiger partial charge is 0.378 e. The first-order chi connectivity index (χ1) is 15.4. The molecule has 0 radical (unpaired) electrons. The van der Waals surface area contributed by atoms with Crippen LogP contribution in [0.25, 0.3) is 0 Å². The van der Waals surface area contributed by atoms with Crippen LogP contribution >= 0.6 is 0 Å². The van der Waals surface area contributed by atoms with Crippen LogP contribution in [0.4, 0.5) is 5.69 Å². The highest BCUT2D eigenvalue weighted by atomic mass is 32.2. The number of nitrogens with one attached hydrogen (secondary N) is 1. The summed E-state index contributed by atoms with van der Waals surface area (Å²) in [5, 5.41) is 2.99. The van der Waals surface area contributed by atoms with Crippen molar-refractivity contribution in [2.45, 2.75) is 31.2 Å². The van der Waals surface area contributed by atoms with Crippen LogP contribution in [0.5, 0.6) is 0 Å². The second-order valence-corrected chi connectivity index (χ2v) is 10.4. The van der Waals surface area contributed by atoms with Crippen molar-refractivity contribution in [1.29, 1.82) is 0 Å². The number of rotatable bonds is 6. The predicted octanol–water partition coefficient (Wildman–Crippen LogP) is 2.55. The fourth-order valence-corrected chi connectivity index (χ4v) is 5.74. The monoisotopic (exact) mass is 457 g/mol. The number of carbonyl (C=O) groups is 1. The summed E-state index contributed by atoms with van der Waals surface area (Å²) in [6.07, 6.45) is 1.37. The van der Waals surface area contributed by atoms with Crippen molar-refractivity contribution in [3.8, 4) is 0 Å². The topological polar surface area (TPSA) is 79.0 Å². The molecule has 2 aromatic carbocycles. The Morgan fingerprint density at radius 2 is 1.72 bits per heavy atom. The van der Waals surface area contributed by atoms with Crippen molar-refractivity contribution in [3.05, 3.63) is 59.7 Å². The number of benzene rings is 2. The van der Waals surface area contributed by atoms with Crippen molar-refractivity contribution < 1.29 is 17.9 Å². The SMILES string of the molecule is Cc1ccc(S(=O)(=O)N2CCC[C@@H](C(=O)NCc3ccc(N4CCOCC4)cc3)C2)cc1. The molecular weight excluding hydrogens is 426 g/mol. The van der Waals surface area contributed by atoms with Gasteiger partial charge in [0.1, 0.15) is 0 Å². The van der Waals surface area contributed by atoms with Crippen LogP contribution in [0, 0.1) is 12.8 Å². The Bertz CT molecular complexity index is 1020. The maximum absolute atomic E-state index is 13.0. The van der Waals surface area contributed by atoms with Gasteiger partial charge in [-0.3, -0.25) is 4.79 Å². The zero-order valence-corrected chi connectivity index (χ0v) is 19.3. The lowest BCUT2D eigenvalue weighted by molar-refractivity contribution is -0.126. The summed E-state index contributed by atoms with van der Waals surface area (Å²) in [7, 11) is -3.59. The molecule has 0 aromatic heterocycles. The minimum Gasteiger partial charge on any atom is -0.378 e. The zero-order chi connectivity index (χ0) is 22.6. The van der Waals surface area contributed by atoms with Crippen LogP contribution < -0.4 is 10.2 Å². The first kappa shape index (κ1) is 22.8. The number of piperidine rings is 1. The fraction of sp³-hybridized carbons (Fsp3) is 0.458. The first-order valence-corrected chi connectivity index (χ1v) is 12.6. The zero-order valence-electron chi connectivity index (χ0n) is 18.5. The van der Waals surface area contributed by atoms with Crippen LogP contribution in [0.3, 0.4) is 0 Å². The molecule has 1 atom stereocenters. The van der Waals surface area contributed by atoms with Gasteiger partial charge in [0.25, 0.3) is 0 Å². The Morgan fingerprint density at radius 1 is 1.03 bits per heavy atom.